The van der Waals surface area contributed by atoms with Crippen LogP contribution < -0.4 is 5.32 Å². The van der Waals surface area contributed by atoms with E-state index in [1.54, 1.807) is 6.26 Å². The average Bonchev–Trinajstić information content (AvgIpc) is 2.70. The van der Waals surface area contributed by atoms with Crippen LogP contribution in [0.15, 0.2) is 34.7 Å². The Kier molecular flexibility index (Phi) is 4.34. The van der Waals surface area contributed by atoms with Gasteiger partial charge in [0.2, 0.25) is 0 Å². The van der Waals surface area contributed by atoms with Crippen LogP contribution in [0.25, 0.3) is 11.0 Å². The van der Waals surface area contributed by atoms with Crippen molar-refractivity contribution in [2.75, 3.05) is 18.6 Å². The highest BCUT2D eigenvalue weighted by molar-refractivity contribution is 7.84. The Morgan fingerprint density at radius 1 is 1.35 bits per heavy atom. The van der Waals surface area contributed by atoms with E-state index in [0.29, 0.717) is 0 Å². The number of rotatable bonds is 6. The number of fused-ring (bicyclic) bond motifs is 1. The number of nitrogens with one attached hydrogen (secondary N) is 1. The number of benzene rings is 1. The first-order chi connectivity index (χ1) is 8.25. The highest BCUT2D eigenvalue weighted by Gasteiger charge is 2.01. The smallest absolute Gasteiger partial charge is 0.134 e. The third-order valence-corrected chi connectivity index (χ3v) is 3.42. The van der Waals surface area contributed by atoms with Crippen molar-refractivity contribution >= 4 is 21.8 Å². The second kappa shape index (κ2) is 5.98. The van der Waals surface area contributed by atoms with Crippen molar-refractivity contribution in [2.45, 2.75) is 13.0 Å². The highest BCUT2D eigenvalue weighted by Crippen LogP contribution is 2.18. The molecule has 17 heavy (non-hydrogen) atoms. The van der Waals surface area contributed by atoms with E-state index < -0.39 is 10.8 Å². The van der Waals surface area contributed by atoms with Gasteiger partial charge in [-0.3, -0.25) is 4.21 Å². The van der Waals surface area contributed by atoms with Gasteiger partial charge in [0.25, 0.3) is 0 Å². The number of furan rings is 1. The minimum absolute atomic E-state index is 0.689. The maximum atomic E-state index is 10.9. The molecular weight excluding hydrogens is 234 g/mol. The lowest BCUT2D eigenvalue weighted by Gasteiger charge is -2.00. The van der Waals surface area contributed by atoms with Gasteiger partial charge in [-0.25, -0.2) is 0 Å². The number of hydrogen-bond acceptors (Lipinski definition) is 3. The van der Waals surface area contributed by atoms with E-state index in [-0.39, 0.29) is 0 Å². The summed E-state index contributed by atoms with van der Waals surface area (Å²) in [4.78, 5) is 0. The quantitative estimate of drug-likeness (QED) is 0.801. The molecule has 0 bridgehead atoms. The monoisotopic (exact) mass is 251 g/mol. The van der Waals surface area contributed by atoms with Gasteiger partial charge in [0.15, 0.2) is 0 Å². The van der Waals surface area contributed by atoms with E-state index in [4.69, 9.17) is 4.42 Å². The van der Waals surface area contributed by atoms with Crippen molar-refractivity contribution in [3.63, 3.8) is 0 Å². The molecule has 1 aromatic carbocycles. The summed E-state index contributed by atoms with van der Waals surface area (Å²) in [7, 11) is -0.689. The lowest BCUT2D eigenvalue weighted by Crippen LogP contribution is -2.16. The molecule has 0 saturated heterocycles. The zero-order valence-corrected chi connectivity index (χ0v) is 10.8. The molecule has 1 aromatic heterocycles. The van der Waals surface area contributed by atoms with Crippen LogP contribution in [0.3, 0.4) is 0 Å². The third kappa shape index (κ3) is 3.68. The van der Waals surface area contributed by atoms with Gasteiger partial charge < -0.3 is 9.73 Å². The fourth-order valence-corrected chi connectivity index (χ4v) is 2.29. The van der Waals surface area contributed by atoms with E-state index in [1.807, 2.05) is 24.3 Å². The zero-order valence-electron chi connectivity index (χ0n) is 9.94. The summed E-state index contributed by atoms with van der Waals surface area (Å²) in [5, 5.41) is 4.43. The van der Waals surface area contributed by atoms with Gasteiger partial charge in [0.1, 0.15) is 11.3 Å². The topological polar surface area (TPSA) is 42.2 Å². The lowest BCUT2D eigenvalue weighted by molar-refractivity contribution is 0.514. The first-order valence-electron chi connectivity index (χ1n) is 5.74. The second-order valence-corrected chi connectivity index (χ2v) is 5.61. The summed E-state index contributed by atoms with van der Waals surface area (Å²) in [6.07, 6.45) is 2.67. The van der Waals surface area contributed by atoms with Crippen LogP contribution in [0.2, 0.25) is 0 Å². The Balaban J connectivity index is 1.81. The zero-order chi connectivity index (χ0) is 12.1. The maximum absolute atomic E-state index is 10.9. The Bertz CT molecular complexity index is 474. The van der Waals surface area contributed by atoms with Crippen LogP contribution in [0.1, 0.15) is 12.2 Å². The molecule has 0 radical (unpaired) electrons. The van der Waals surface area contributed by atoms with Crippen LogP contribution in [0.4, 0.5) is 0 Å². The van der Waals surface area contributed by atoms with Gasteiger partial charge in [-0.2, -0.15) is 0 Å². The molecule has 1 heterocycles. The van der Waals surface area contributed by atoms with Crippen LogP contribution in [-0.2, 0) is 17.3 Å². The molecule has 0 fully saturated rings. The first kappa shape index (κ1) is 12.3. The van der Waals surface area contributed by atoms with Crippen molar-refractivity contribution < 1.29 is 8.63 Å². The van der Waals surface area contributed by atoms with E-state index >= 15 is 0 Å². The van der Waals surface area contributed by atoms with Gasteiger partial charge in [0.05, 0.1) is 6.54 Å². The van der Waals surface area contributed by atoms with E-state index in [2.05, 4.69) is 11.4 Å². The van der Waals surface area contributed by atoms with Gasteiger partial charge in [-0.15, -0.1) is 0 Å². The molecule has 1 atom stereocenters. The van der Waals surface area contributed by atoms with Crippen LogP contribution in [-0.4, -0.2) is 22.8 Å². The molecule has 2 rings (SSSR count). The normalized spacial score (nSPS) is 13.0. The van der Waals surface area contributed by atoms with Crippen LogP contribution >= 0.6 is 0 Å². The SMILES string of the molecule is CS(=O)CCCNCc1cc2ccccc2o1. The highest BCUT2D eigenvalue weighted by atomic mass is 32.2. The fourth-order valence-electron chi connectivity index (χ4n) is 1.74. The molecule has 0 spiro atoms. The van der Waals surface area contributed by atoms with Crippen molar-refractivity contribution in [3.05, 3.63) is 36.1 Å². The Morgan fingerprint density at radius 3 is 2.94 bits per heavy atom. The first-order valence-corrected chi connectivity index (χ1v) is 7.46. The summed E-state index contributed by atoms with van der Waals surface area (Å²) in [6.45, 7) is 1.60. The van der Waals surface area contributed by atoms with E-state index in [1.165, 1.54) is 0 Å². The predicted octanol–water partition coefficient (Wildman–Crippen LogP) is 2.29. The van der Waals surface area contributed by atoms with Gasteiger partial charge in [-0.05, 0) is 25.1 Å². The minimum atomic E-state index is -0.689. The van der Waals surface area contributed by atoms with Crippen molar-refractivity contribution in [1.29, 1.82) is 0 Å². The molecular formula is C13H17NO2S. The predicted molar refractivity (Wildman–Crippen MR) is 71.5 cm³/mol. The minimum Gasteiger partial charge on any atom is -0.460 e. The molecule has 1 unspecified atom stereocenters. The Hall–Kier alpha value is -1.13. The third-order valence-electron chi connectivity index (χ3n) is 2.56. The summed E-state index contributed by atoms with van der Waals surface area (Å²) >= 11 is 0. The summed E-state index contributed by atoms with van der Waals surface area (Å²) in [5.74, 6) is 1.71. The van der Waals surface area contributed by atoms with E-state index in [9.17, 15) is 4.21 Å². The van der Waals surface area contributed by atoms with Crippen LogP contribution in [0.5, 0.6) is 0 Å². The van der Waals surface area contributed by atoms with Crippen molar-refractivity contribution in [3.8, 4) is 0 Å². The van der Waals surface area contributed by atoms with Gasteiger partial charge in [-0.1, -0.05) is 18.2 Å². The van der Waals surface area contributed by atoms with E-state index in [0.717, 1.165) is 42.0 Å². The molecule has 0 saturated carbocycles. The lowest BCUT2D eigenvalue weighted by atomic mass is 10.2. The van der Waals surface area contributed by atoms with Gasteiger partial charge in [0, 0.05) is 28.2 Å². The van der Waals surface area contributed by atoms with Crippen molar-refractivity contribution in [2.24, 2.45) is 0 Å². The molecule has 0 amide bonds. The Morgan fingerprint density at radius 2 is 2.18 bits per heavy atom. The molecule has 3 nitrogen and oxygen atoms in total. The fraction of sp³-hybridized carbons (Fsp3) is 0.385. The summed E-state index contributed by atoms with van der Waals surface area (Å²) < 4.78 is 16.5. The van der Waals surface area contributed by atoms with Gasteiger partial charge >= 0.3 is 0 Å². The maximum Gasteiger partial charge on any atom is 0.134 e. The second-order valence-electron chi connectivity index (χ2n) is 4.06. The molecule has 1 N–H and O–H groups in total. The molecule has 92 valence electrons. The largest absolute Gasteiger partial charge is 0.460 e. The molecule has 2 aromatic rings. The number of hydrogen-bond donors (Lipinski definition) is 1. The standard InChI is InChI=1S/C13H17NO2S/c1-17(15)8-4-7-14-10-12-9-11-5-2-3-6-13(11)16-12/h2-3,5-6,9,14H,4,7-8,10H2,1H3. The van der Waals surface area contributed by atoms with Crippen LogP contribution in [0, 0.1) is 0 Å². The van der Waals surface area contributed by atoms with Crippen molar-refractivity contribution in [1.82, 2.24) is 5.32 Å². The Labute approximate surface area is 104 Å². The summed E-state index contributed by atoms with van der Waals surface area (Å²) in [6, 6.07) is 10.0. The molecule has 0 aliphatic heterocycles. The molecule has 4 heteroatoms. The molecule has 0 aliphatic carbocycles. The molecule has 0 aliphatic rings. The average molecular weight is 251 g/mol. The number of para-hydroxylation sites is 1. The summed E-state index contributed by atoms with van der Waals surface area (Å²) in [5.41, 5.74) is 0.930.